The second-order valence-corrected chi connectivity index (χ2v) is 4.72. The number of para-hydroxylation sites is 1. The molecule has 0 aliphatic heterocycles. The van der Waals surface area contributed by atoms with Gasteiger partial charge in [-0.25, -0.2) is 0 Å². The molecule has 1 N–H and O–H groups in total. The Hall–Kier alpha value is -2.09. The maximum atomic E-state index is 12.1. The molecule has 2 rings (SSSR count). The number of hydrogen-bond acceptors (Lipinski definition) is 1. The average Bonchev–Trinajstić information content (AvgIpc) is 2.39. The Bertz CT molecular complexity index is 575. The van der Waals surface area contributed by atoms with Gasteiger partial charge < -0.3 is 5.32 Å². The lowest BCUT2D eigenvalue weighted by Crippen LogP contribution is -2.15. The third kappa shape index (κ3) is 3.68. The van der Waals surface area contributed by atoms with Crippen LogP contribution in [0.25, 0.3) is 0 Å². The fraction of sp³-hybridized carbons (Fsp3) is 0.235. The van der Waals surface area contributed by atoms with Crippen molar-refractivity contribution in [2.45, 2.75) is 26.7 Å². The fourth-order valence-electron chi connectivity index (χ4n) is 2.15. The van der Waals surface area contributed by atoms with Crippen LogP contribution in [0, 0.1) is 6.92 Å². The van der Waals surface area contributed by atoms with Gasteiger partial charge in [-0.2, -0.15) is 0 Å². The molecule has 0 aromatic heterocycles. The van der Waals surface area contributed by atoms with Crippen molar-refractivity contribution in [3.05, 3.63) is 65.2 Å². The third-order valence-electron chi connectivity index (χ3n) is 3.12. The van der Waals surface area contributed by atoms with E-state index >= 15 is 0 Å². The van der Waals surface area contributed by atoms with Crippen LogP contribution in [0.4, 0.5) is 5.69 Å². The fourth-order valence-corrected chi connectivity index (χ4v) is 2.15. The summed E-state index contributed by atoms with van der Waals surface area (Å²) in [6, 6.07) is 16.0. The van der Waals surface area contributed by atoms with Gasteiger partial charge in [0.25, 0.3) is 0 Å². The number of anilines is 1. The summed E-state index contributed by atoms with van der Waals surface area (Å²) in [6.45, 7) is 4.12. The molecule has 0 heterocycles. The summed E-state index contributed by atoms with van der Waals surface area (Å²) in [4.78, 5) is 12.1. The average molecular weight is 253 g/mol. The van der Waals surface area contributed by atoms with Gasteiger partial charge in [0.1, 0.15) is 0 Å². The molecule has 0 radical (unpaired) electrons. The summed E-state index contributed by atoms with van der Waals surface area (Å²) in [5, 5.41) is 2.99. The van der Waals surface area contributed by atoms with Gasteiger partial charge >= 0.3 is 0 Å². The number of aryl methyl sites for hydroxylation is 2. The SMILES string of the molecule is CCc1ccccc1NC(=O)Cc1cccc(C)c1. The van der Waals surface area contributed by atoms with Gasteiger partial charge in [-0.3, -0.25) is 4.79 Å². The van der Waals surface area contributed by atoms with E-state index in [-0.39, 0.29) is 5.91 Å². The van der Waals surface area contributed by atoms with Crippen molar-refractivity contribution in [3.63, 3.8) is 0 Å². The van der Waals surface area contributed by atoms with Crippen LogP contribution < -0.4 is 5.32 Å². The Morgan fingerprint density at radius 2 is 1.89 bits per heavy atom. The van der Waals surface area contributed by atoms with E-state index in [0.717, 1.165) is 17.7 Å². The molecule has 2 aromatic carbocycles. The molecule has 0 saturated heterocycles. The summed E-state index contributed by atoms with van der Waals surface area (Å²) in [5.41, 5.74) is 4.31. The maximum Gasteiger partial charge on any atom is 0.228 e. The van der Waals surface area contributed by atoms with Crippen LogP contribution in [0.1, 0.15) is 23.6 Å². The summed E-state index contributed by atoms with van der Waals surface area (Å²) in [7, 11) is 0. The predicted octanol–water partition coefficient (Wildman–Crippen LogP) is 3.74. The zero-order chi connectivity index (χ0) is 13.7. The van der Waals surface area contributed by atoms with Crippen molar-refractivity contribution >= 4 is 11.6 Å². The first-order valence-corrected chi connectivity index (χ1v) is 6.62. The molecule has 0 aliphatic rings. The lowest BCUT2D eigenvalue weighted by atomic mass is 10.1. The van der Waals surface area contributed by atoms with Crippen molar-refractivity contribution < 1.29 is 4.79 Å². The van der Waals surface area contributed by atoms with Crippen LogP contribution >= 0.6 is 0 Å². The highest BCUT2D eigenvalue weighted by atomic mass is 16.1. The molecule has 2 aromatic rings. The van der Waals surface area contributed by atoms with Crippen molar-refractivity contribution in [1.82, 2.24) is 0 Å². The van der Waals surface area contributed by atoms with Gasteiger partial charge in [0.05, 0.1) is 6.42 Å². The summed E-state index contributed by atoms with van der Waals surface area (Å²) in [5.74, 6) is 0.0338. The lowest BCUT2D eigenvalue weighted by Gasteiger charge is -2.09. The molecule has 0 saturated carbocycles. The number of amides is 1. The lowest BCUT2D eigenvalue weighted by molar-refractivity contribution is -0.115. The topological polar surface area (TPSA) is 29.1 Å². The number of benzene rings is 2. The largest absolute Gasteiger partial charge is 0.326 e. The highest BCUT2D eigenvalue weighted by Crippen LogP contribution is 2.16. The van der Waals surface area contributed by atoms with E-state index in [1.54, 1.807) is 0 Å². The Morgan fingerprint density at radius 1 is 1.11 bits per heavy atom. The van der Waals surface area contributed by atoms with Gasteiger partial charge in [0.15, 0.2) is 0 Å². The molecule has 0 atom stereocenters. The minimum Gasteiger partial charge on any atom is -0.326 e. The van der Waals surface area contributed by atoms with Crippen LogP contribution in [-0.2, 0) is 17.6 Å². The second kappa shape index (κ2) is 6.19. The zero-order valence-corrected chi connectivity index (χ0v) is 11.4. The van der Waals surface area contributed by atoms with Crippen molar-refractivity contribution in [1.29, 1.82) is 0 Å². The normalized spacial score (nSPS) is 10.2. The Morgan fingerprint density at radius 3 is 2.63 bits per heavy atom. The van der Waals surface area contributed by atoms with Gasteiger partial charge in [-0.05, 0) is 30.5 Å². The third-order valence-corrected chi connectivity index (χ3v) is 3.12. The summed E-state index contributed by atoms with van der Waals surface area (Å²) in [6.07, 6.45) is 1.33. The molecule has 0 spiro atoms. The van der Waals surface area contributed by atoms with Gasteiger partial charge in [-0.1, -0.05) is 55.0 Å². The number of carbonyl (C=O) groups is 1. The van der Waals surface area contributed by atoms with Crippen LogP contribution in [0.3, 0.4) is 0 Å². The predicted molar refractivity (Wildman–Crippen MR) is 79.3 cm³/mol. The first-order valence-electron chi connectivity index (χ1n) is 6.62. The van der Waals surface area contributed by atoms with E-state index < -0.39 is 0 Å². The van der Waals surface area contributed by atoms with Crippen LogP contribution in [0.5, 0.6) is 0 Å². The van der Waals surface area contributed by atoms with Crippen LogP contribution in [0.2, 0.25) is 0 Å². The van der Waals surface area contributed by atoms with Crippen molar-refractivity contribution in [2.24, 2.45) is 0 Å². The van der Waals surface area contributed by atoms with Gasteiger partial charge in [0.2, 0.25) is 5.91 Å². The molecule has 98 valence electrons. The number of nitrogens with one attached hydrogen (secondary N) is 1. The van der Waals surface area contributed by atoms with Gasteiger partial charge in [-0.15, -0.1) is 0 Å². The summed E-state index contributed by atoms with van der Waals surface area (Å²) >= 11 is 0. The molecule has 0 aliphatic carbocycles. The maximum absolute atomic E-state index is 12.1. The molecule has 19 heavy (non-hydrogen) atoms. The van der Waals surface area contributed by atoms with E-state index in [0.29, 0.717) is 6.42 Å². The van der Waals surface area contributed by atoms with Crippen molar-refractivity contribution in [3.8, 4) is 0 Å². The van der Waals surface area contributed by atoms with Crippen LogP contribution in [0.15, 0.2) is 48.5 Å². The number of carbonyl (C=O) groups excluding carboxylic acids is 1. The molecular formula is C17H19NO. The van der Waals surface area contributed by atoms with Gasteiger partial charge in [0, 0.05) is 5.69 Å². The first-order chi connectivity index (χ1) is 9.19. The Balaban J connectivity index is 2.05. The molecule has 2 heteroatoms. The molecule has 0 fully saturated rings. The van der Waals surface area contributed by atoms with E-state index in [1.807, 2.05) is 55.5 Å². The Labute approximate surface area is 114 Å². The molecule has 1 amide bonds. The zero-order valence-electron chi connectivity index (χ0n) is 11.4. The van der Waals surface area contributed by atoms with E-state index in [1.165, 1.54) is 11.1 Å². The second-order valence-electron chi connectivity index (χ2n) is 4.72. The highest BCUT2D eigenvalue weighted by molar-refractivity contribution is 5.93. The minimum atomic E-state index is 0.0338. The minimum absolute atomic E-state index is 0.0338. The Kier molecular flexibility index (Phi) is 4.35. The van der Waals surface area contributed by atoms with Crippen molar-refractivity contribution in [2.75, 3.05) is 5.32 Å². The van der Waals surface area contributed by atoms with E-state index in [2.05, 4.69) is 12.2 Å². The number of rotatable bonds is 4. The first kappa shape index (κ1) is 13.3. The molecule has 0 unspecified atom stereocenters. The molecular weight excluding hydrogens is 234 g/mol. The summed E-state index contributed by atoms with van der Waals surface area (Å²) < 4.78 is 0. The van der Waals surface area contributed by atoms with Crippen LogP contribution in [-0.4, -0.2) is 5.91 Å². The quantitative estimate of drug-likeness (QED) is 0.883. The smallest absolute Gasteiger partial charge is 0.228 e. The number of hydrogen-bond donors (Lipinski definition) is 1. The van der Waals surface area contributed by atoms with E-state index in [9.17, 15) is 4.79 Å². The standard InChI is InChI=1S/C17H19NO/c1-3-15-9-4-5-10-16(15)18-17(19)12-14-8-6-7-13(2)11-14/h4-11H,3,12H2,1-2H3,(H,18,19). The van der Waals surface area contributed by atoms with E-state index in [4.69, 9.17) is 0 Å². The molecule has 0 bridgehead atoms. The molecule has 2 nitrogen and oxygen atoms in total. The highest BCUT2D eigenvalue weighted by Gasteiger charge is 2.06. The monoisotopic (exact) mass is 253 g/mol.